The van der Waals surface area contributed by atoms with Gasteiger partial charge in [0.05, 0.1) is 18.2 Å². The molecule has 1 aliphatic heterocycles. The van der Waals surface area contributed by atoms with E-state index < -0.39 is 5.54 Å². The van der Waals surface area contributed by atoms with Gasteiger partial charge in [-0.05, 0) is 5.56 Å². The van der Waals surface area contributed by atoms with E-state index in [4.69, 9.17) is 15.2 Å². The van der Waals surface area contributed by atoms with Gasteiger partial charge in [0.15, 0.2) is 11.3 Å². The molecule has 0 aliphatic carbocycles. The summed E-state index contributed by atoms with van der Waals surface area (Å²) in [6.45, 7) is 0.175. The van der Waals surface area contributed by atoms with Crippen LogP contribution in [0, 0.1) is 0 Å². The van der Waals surface area contributed by atoms with Crippen molar-refractivity contribution in [2.24, 2.45) is 0 Å². The third-order valence-corrected chi connectivity index (χ3v) is 4.21. The highest BCUT2D eigenvalue weighted by molar-refractivity contribution is 5.37. The standard InChI is InChI=1S/C17H17N5O2/c18-16-20-6-7-22(16)17(14-9-19-11-21-14,15-10-23-12-24-15)8-13-4-2-1-3-5-13/h1-7,9-11H,8,12H2,(H2,18,20)(H,19,21). The molecule has 4 rings (SSSR count). The van der Waals surface area contributed by atoms with Crippen LogP contribution in [0.1, 0.15) is 11.3 Å². The highest BCUT2D eigenvalue weighted by atomic mass is 16.7. The van der Waals surface area contributed by atoms with E-state index in [1.807, 2.05) is 29.0 Å². The monoisotopic (exact) mass is 323 g/mol. The summed E-state index contributed by atoms with van der Waals surface area (Å²) in [5.74, 6) is 1.04. The molecule has 3 heterocycles. The van der Waals surface area contributed by atoms with Crippen molar-refractivity contribution in [3.8, 4) is 0 Å². The summed E-state index contributed by atoms with van der Waals surface area (Å²) in [4.78, 5) is 11.6. The molecular formula is C17H17N5O2. The topological polar surface area (TPSA) is 91.0 Å². The number of rotatable bonds is 5. The third kappa shape index (κ3) is 2.21. The molecule has 0 amide bonds. The van der Waals surface area contributed by atoms with Crippen molar-refractivity contribution < 1.29 is 9.47 Å². The molecule has 0 radical (unpaired) electrons. The fourth-order valence-corrected chi connectivity index (χ4v) is 3.12. The number of hydrogen-bond donors (Lipinski definition) is 2. The number of ether oxygens (including phenoxy) is 2. The molecule has 0 fully saturated rings. The fourth-order valence-electron chi connectivity index (χ4n) is 3.12. The lowest BCUT2D eigenvalue weighted by molar-refractivity contribution is 0.0618. The van der Waals surface area contributed by atoms with Crippen LogP contribution < -0.4 is 5.73 Å². The number of nitrogens with two attached hydrogens (primary N) is 1. The average molecular weight is 323 g/mol. The van der Waals surface area contributed by atoms with Crippen LogP contribution in [0.25, 0.3) is 0 Å². The van der Waals surface area contributed by atoms with Gasteiger partial charge in [0.2, 0.25) is 12.7 Å². The Bertz CT molecular complexity index is 841. The van der Waals surface area contributed by atoms with Gasteiger partial charge in [0.1, 0.15) is 6.26 Å². The molecule has 24 heavy (non-hydrogen) atoms. The van der Waals surface area contributed by atoms with Gasteiger partial charge in [0, 0.05) is 18.8 Å². The van der Waals surface area contributed by atoms with Crippen molar-refractivity contribution >= 4 is 5.95 Å². The Labute approximate surface area is 138 Å². The van der Waals surface area contributed by atoms with E-state index in [1.165, 1.54) is 0 Å². The first-order chi connectivity index (χ1) is 11.8. The van der Waals surface area contributed by atoms with Crippen molar-refractivity contribution in [2.45, 2.75) is 12.0 Å². The summed E-state index contributed by atoms with van der Waals surface area (Å²) in [5, 5.41) is 0. The Balaban J connectivity index is 1.94. The minimum atomic E-state index is -0.755. The number of hydrogen-bond acceptors (Lipinski definition) is 5. The van der Waals surface area contributed by atoms with Crippen molar-refractivity contribution in [3.05, 3.63) is 78.5 Å². The van der Waals surface area contributed by atoms with Crippen LogP contribution in [0.3, 0.4) is 0 Å². The van der Waals surface area contributed by atoms with Crippen LogP contribution in [0.5, 0.6) is 0 Å². The SMILES string of the molecule is Nc1nccn1C(Cc1ccccc1)(C1=COCO1)c1cnc[nH]1. The summed E-state index contributed by atoms with van der Waals surface area (Å²) in [6.07, 6.45) is 9.14. The van der Waals surface area contributed by atoms with Gasteiger partial charge in [-0.15, -0.1) is 0 Å². The van der Waals surface area contributed by atoms with E-state index in [2.05, 4.69) is 27.1 Å². The molecule has 0 saturated heterocycles. The van der Waals surface area contributed by atoms with Crippen molar-refractivity contribution in [2.75, 3.05) is 12.5 Å². The van der Waals surface area contributed by atoms with Crippen molar-refractivity contribution in [1.29, 1.82) is 0 Å². The lowest BCUT2D eigenvalue weighted by atomic mass is 9.85. The van der Waals surface area contributed by atoms with E-state index in [0.717, 1.165) is 11.3 Å². The molecule has 0 bridgehead atoms. The van der Waals surface area contributed by atoms with Crippen LogP contribution in [-0.4, -0.2) is 26.3 Å². The van der Waals surface area contributed by atoms with E-state index >= 15 is 0 Å². The highest BCUT2D eigenvalue weighted by Gasteiger charge is 2.44. The zero-order valence-corrected chi connectivity index (χ0v) is 12.9. The second kappa shape index (κ2) is 5.77. The van der Waals surface area contributed by atoms with E-state index in [1.54, 1.807) is 25.0 Å². The molecule has 3 aromatic rings. The molecule has 0 spiro atoms. The maximum atomic E-state index is 6.15. The number of allylic oxidation sites excluding steroid dienone is 1. The Morgan fingerprint density at radius 3 is 2.79 bits per heavy atom. The molecular weight excluding hydrogens is 306 g/mol. The summed E-state index contributed by atoms with van der Waals surface area (Å²) in [7, 11) is 0. The van der Waals surface area contributed by atoms with Gasteiger partial charge in [-0.1, -0.05) is 30.3 Å². The molecule has 3 N–H and O–H groups in total. The molecule has 122 valence electrons. The number of nitrogens with zero attached hydrogens (tertiary/aromatic N) is 3. The number of aromatic amines is 1. The second-order valence-corrected chi connectivity index (χ2v) is 5.55. The zero-order chi connectivity index (χ0) is 16.4. The third-order valence-electron chi connectivity index (χ3n) is 4.21. The van der Waals surface area contributed by atoms with Crippen LogP contribution >= 0.6 is 0 Å². The van der Waals surface area contributed by atoms with Gasteiger partial charge in [-0.25, -0.2) is 9.97 Å². The first-order valence-corrected chi connectivity index (χ1v) is 7.58. The molecule has 1 aliphatic rings. The molecule has 1 unspecified atom stereocenters. The number of nitrogen functional groups attached to an aromatic ring is 1. The number of anilines is 1. The Hall–Kier alpha value is -3.22. The summed E-state index contributed by atoms with van der Waals surface area (Å²) >= 11 is 0. The fraction of sp³-hybridized carbons (Fsp3) is 0.176. The van der Waals surface area contributed by atoms with Gasteiger partial charge >= 0.3 is 0 Å². The zero-order valence-electron chi connectivity index (χ0n) is 12.9. The summed E-state index contributed by atoms with van der Waals surface area (Å²) < 4.78 is 13.0. The number of nitrogens with one attached hydrogen (secondary N) is 1. The van der Waals surface area contributed by atoms with Crippen LogP contribution in [0.4, 0.5) is 5.95 Å². The number of aromatic nitrogens is 4. The smallest absolute Gasteiger partial charge is 0.230 e. The highest BCUT2D eigenvalue weighted by Crippen LogP contribution is 2.40. The minimum Gasteiger partial charge on any atom is -0.461 e. The molecule has 7 heteroatoms. The summed E-state index contributed by atoms with van der Waals surface area (Å²) in [5.41, 5.74) is 7.36. The van der Waals surface area contributed by atoms with Gasteiger partial charge in [-0.2, -0.15) is 0 Å². The predicted octanol–water partition coefficient (Wildman–Crippen LogP) is 2.02. The Kier molecular flexibility index (Phi) is 3.45. The Morgan fingerprint density at radius 2 is 2.17 bits per heavy atom. The van der Waals surface area contributed by atoms with E-state index in [0.29, 0.717) is 18.1 Å². The lowest BCUT2D eigenvalue weighted by Gasteiger charge is -2.34. The van der Waals surface area contributed by atoms with Gasteiger partial charge in [-0.3, -0.25) is 4.57 Å². The number of H-pyrrole nitrogens is 1. The van der Waals surface area contributed by atoms with Gasteiger partial charge < -0.3 is 20.2 Å². The predicted molar refractivity (Wildman–Crippen MR) is 87.6 cm³/mol. The first kappa shape index (κ1) is 14.4. The Morgan fingerprint density at radius 1 is 1.29 bits per heavy atom. The van der Waals surface area contributed by atoms with E-state index in [9.17, 15) is 0 Å². The quantitative estimate of drug-likeness (QED) is 0.749. The molecule has 2 aromatic heterocycles. The molecule has 0 saturated carbocycles. The number of imidazole rings is 2. The number of benzene rings is 1. The van der Waals surface area contributed by atoms with Crippen LogP contribution in [0.15, 0.2) is 67.3 Å². The second-order valence-electron chi connectivity index (χ2n) is 5.55. The van der Waals surface area contributed by atoms with Gasteiger partial charge in [0.25, 0.3) is 0 Å². The molecule has 1 atom stereocenters. The van der Waals surface area contributed by atoms with Crippen molar-refractivity contribution in [3.63, 3.8) is 0 Å². The summed E-state index contributed by atoms with van der Waals surface area (Å²) in [6, 6.07) is 10.1. The molecule has 7 nitrogen and oxygen atoms in total. The van der Waals surface area contributed by atoms with Crippen LogP contribution in [0.2, 0.25) is 0 Å². The maximum absolute atomic E-state index is 6.15. The maximum Gasteiger partial charge on any atom is 0.230 e. The average Bonchev–Trinajstić information content (AvgIpc) is 3.36. The van der Waals surface area contributed by atoms with Crippen LogP contribution in [-0.2, 0) is 21.4 Å². The largest absolute Gasteiger partial charge is 0.461 e. The normalized spacial score (nSPS) is 16.1. The van der Waals surface area contributed by atoms with Crippen molar-refractivity contribution in [1.82, 2.24) is 19.5 Å². The first-order valence-electron chi connectivity index (χ1n) is 7.58. The lowest BCUT2D eigenvalue weighted by Crippen LogP contribution is -2.40. The minimum absolute atomic E-state index is 0.175. The van der Waals surface area contributed by atoms with E-state index in [-0.39, 0.29) is 6.79 Å². The molecule has 1 aromatic carbocycles.